The SMILES string of the molecule is COc1ccccc1CCNC(=O)C1(CN)CCOCC1. The van der Waals surface area contributed by atoms with E-state index in [1.807, 2.05) is 24.3 Å². The fourth-order valence-corrected chi connectivity index (χ4v) is 2.69. The third-order valence-electron chi connectivity index (χ3n) is 4.19. The van der Waals surface area contributed by atoms with E-state index in [1.54, 1.807) is 7.11 Å². The Hall–Kier alpha value is -1.59. The van der Waals surface area contributed by atoms with Crippen LogP contribution in [0.3, 0.4) is 0 Å². The van der Waals surface area contributed by atoms with Crippen molar-refractivity contribution >= 4 is 5.91 Å². The molecule has 1 saturated heterocycles. The zero-order valence-electron chi connectivity index (χ0n) is 12.6. The highest BCUT2D eigenvalue weighted by Crippen LogP contribution is 2.29. The molecule has 1 aromatic carbocycles. The van der Waals surface area contributed by atoms with Crippen LogP contribution in [-0.4, -0.2) is 39.3 Å². The van der Waals surface area contributed by atoms with Gasteiger partial charge in [0.05, 0.1) is 12.5 Å². The average molecular weight is 292 g/mol. The first-order valence-corrected chi connectivity index (χ1v) is 7.40. The summed E-state index contributed by atoms with van der Waals surface area (Å²) in [5.41, 5.74) is 6.46. The van der Waals surface area contributed by atoms with Gasteiger partial charge in [0, 0.05) is 26.3 Å². The van der Waals surface area contributed by atoms with Gasteiger partial charge in [0.1, 0.15) is 5.75 Å². The van der Waals surface area contributed by atoms with E-state index in [9.17, 15) is 4.79 Å². The molecule has 0 radical (unpaired) electrons. The van der Waals surface area contributed by atoms with E-state index in [0.29, 0.717) is 39.1 Å². The van der Waals surface area contributed by atoms with Crippen LogP contribution in [0.1, 0.15) is 18.4 Å². The van der Waals surface area contributed by atoms with E-state index in [4.69, 9.17) is 15.2 Å². The molecule has 1 amide bonds. The van der Waals surface area contributed by atoms with E-state index in [2.05, 4.69) is 5.32 Å². The lowest BCUT2D eigenvalue weighted by atomic mass is 9.79. The van der Waals surface area contributed by atoms with Crippen molar-refractivity contribution in [3.63, 3.8) is 0 Å². The molecule has 0 saturated carbocycles. The number of hydrogen-bond acceptors (Lipinski definition) is 4. The Morgan fingerprint density at radius 1 is 1.38 bits per heavy atom. The van der Waals surface area contributed by atoms with Crippen molar-refractivity contribution in [2.45, 2.75) is 19.3 Å². The minimum atomic E-state index is -0.459. The Bertz CT molecular complexity index is 470. The zero-order chi connectivity index (χ0) is 15.1. The number of carbonyl (C=O) groups is 1. The molecule has 0 unspecified atom stereocenters. The number of benzene rings is 1. The number of para-hydroxylation sites is 1. The maximum absolute atomic E-state index is 12.4. The van der Waals surface area contributed by atoms with Gasteiger partial charge in [-0.15, -0.1) is 0 Å². The molecular weight excluding hydrogens is 268 g/mol. The molecule has 1 aliphatic heterocycles. The standard InChI is InChI=1S/C16H24N2O3/c1-20-14-5-3-2-4-13(14)6-9-18-15(19)16(12-17)7-10-21-11-8-16/h2-5H,6-12,17H2,1H3,(H,18,19). The molecular formula is C16H24N2O3. The lowest BCUT2D eigenvalue weighted by Crippen LogP contribution is -2.49. The molecule has 0 bridgehead atoms. The van der Waals surface area contributed by atoms with Crippen molar-refractivity contribution in [2.75, 3.05) is 33.4 Å². The summed E-state index contributed by atoms with van der Waals surface area (Å²) < 4.78 is 10.6. The second-order valence-corrected chi connectivity index (χ2v) is 5.41. The normalized spacial score (nSPS) is 17.2. The third kappa shape index (κ3) is 3.74. The number of methoxy groups -OCH3 is 1. The van der Waals surface area contributed by atoms with Crippen molar-refractivity contribution in [1.82, 2.24) is 5.32 Å². The number of nitrogens with one attached hydrogen (secondary N) is 1. The third-order valence-corrected chi connectivity index (χ3v) is 4.19. The van der Waals surface area contributed by atoms with Crippen LogP contribution in [0.2, 0.25) is 0 Å². The van der Waals surface area contributed by atoms with Crippen molar-refractivity contribution in [2.24, 2.45) is 11.1 Å². The molecule has 1 heterocycles. The summed E-state index contributed by atoms with van der Waals surface area (Å²) >= 11 is 0. The Labute approximate surface area is 125 Å². The van der Waals surface area contributed by atoms with Crippen molar-refractivity contribution in [3.8, 4) is 5.75 Å². The van der Waals surface area contributed by atoms with E-state index in [0.717, 1.165) is 17.7 Å². The number of hydrogen-bond donors (Lipinski definition) is 2. The van der Waals surface area contributed by atoms with Gasteiger partial charge in [-0.05, 0) is 30.9 Å². The van der Waals surface area contributed by atoms with Gasteiger partial charge in [-0.3, -0.25) is 4.79 Å². The topological polar surface area (TPSA) is 73.6 Å². The van der Waals surface area contributed by atoms with Crippen LogP contribution in [0.25, 0.3) is 0 Å². The fourth-order valence-electron chi connectivity index (χ4n) is 2.69. The first-order valence-electron chi connectivity index (χ1n) is 7.40. The van der Waals surface area contributed by atoms with Crippen LogP contribution in [0, 0.1) is 5.41 Å². The van der Waals surface area contributed by atoms with Gasteiger partial charge in [-0.2, -0.15) is 0 Å². The van der Waals surface area contributed by atoms with Crippen LogP contribution >= 0.6 is 0 Å². The first-order chi connectivity index (χ1) is 10.2. The molecule has 0 atom stereocenters. The van der Waals surface area contributed by atoms with E-state index in [1.165, 1.54) is 0 Å². The van der Waals surface area contributed by atoms with E-state index >= 15 is 0 Å². The summed E-state index contributed by atoms with van der Waals surface area (Å²) in [7, 11) is 1.66. The maximum Gasteiger partial charge on any atom is 0.227 e. The number of carbonyl (C=O) groups excluding carboxylic acids is 1. The minimum Gasteiger partial charge on any atom is -0.496 e. The minimum absolute atomic E-state index is 0.0446. The van der Waals surface area contributed by atoms with Gasteiger partial charge in [0.25, 0.3) is 0 Å². The van der Waals surface area contributed by atoms with E-state index in [-0.39, 0.29) is 5.91 Å². The number of nitrogens with two attached hydrogens (primary N) is 1. The smallest absolute Gasteiger partial charge is 0.227 e. The van der Waals surface area contributed by atoms with Crippen LogP contribution in [0.15, 0.2) is 24.3 Å². The van der Waals surface area contributed by atoms with Crippen molar-refractivity contribution in [1.29, 1.82) is 0 Å². The molecule has 116 valence electrons. The zero-order valence-corrected chi connectivity index (χ0v) is 12.6. The van der Waals surface area contributed by atoms with Gasteiger partial charge in [-0.25, -0.2) is 0 Å². The highest BCUT2D eigenvalue weighted by atomic mass is 16.5. The fraction of sp³-hybridized carbons (Fsp3) is 0.562. The maximum atomic E-state index is 12.4. The quantitative estimate of drug-likeness (QED) is 0.824. The predicted molar refractivity (Wildman–Crippen MR) is 81.2 cm³/mol. The Morgan fingerprint density at radius 3 is 2.76 bits per heavy atom. The van der Waals surface area contributed by atoms with Crippen molar-refractivity contribution in [3.05, 3.63) is 29.8 Å². The lowest BCUT2D eigenvalue weighted by molar-refractivity contribution is -0.135. The molecule has 21 heavy (non-hydrogen) atoms. The summed E-state index contributed by atoms with van der Waals surface area (Å²) in [6.45, 7) is 2.17. The van der Waals surface area contributed by atoms with Crippen LogP contribution < -0.4 is 15.8 Å². The summed E-state index contributed by atoms with van der Waals surface area (Å²) in [6, 6.07) is 7.85. The van der Waals surface area contributed by atoms with Gasteiger partial charge in [0.2, 0.25) is 5.91 Å². The number of rotatable bonds is 6. The lowest BCUT2D eigenvalue weighted by Gasteiger charge is -2.34. The highest BCUT2D eigenvalue weighted by Gasteiger charge is 2.38. The molecule has 5 nitrogen and oxygen atoms in total. The van der Waals surface area contributed by atoms with Crippen LogP contribution in [0.4, 0.5) is 0 Å². The average Bonchev–Trinajstić information content (AvgIpc) is 2.55. The molecule has 0 aliphatic carbocycles. The molecule has 2 rings (SSSR count). The molecule has 3 N–H and O–H groups in total. The predicted octanol–water partition coefficient (Wildman–Crippen LogP) is 1.11. The van der Waals surface area contributed by atoms with Crippen LogP contribution in [0.5, 0.6) is 5.75 Å². The summed E-state index contributed by atoms with van der Waals surface area (Å²) in [6.07, 6.45) is 2.14. The summed E-state index contributed by atoms with van der Waals surface area (Å²) in [5, 5.41) is 3.01. The number of ether oxygens (including phenoxy) is 2. The van der Waals surface area contributed by atoms with Gasteiger partial charge >= 0.3 is 0 Å². The van der Waals surface area contributed by atoms with Crippen LogP contribution in [-0.2, 0) is 16.0 Å². The summed E-state index contributed by atoms with van der Waals surface area (Å²) in [5.74, 6) is 0.898. The highest BCUT2D eigenvalue weighted by molar-refractivity contribution is 5.83. The molecule has 1 aromatic rings. The first kappa shape index (κ1) is 15.8. The largest absolute Gasteiger partial charge is 0.496 e. The Balaban J connectivity index is 1.89. The second-order valence-electron chi connectivity index (χ2n) is 5.41. The van der Waals surface area contributed by atoms with E-state index < -0.39 is 5.41 Å². The Kier molecular flexibility index (Phi) is 5.59. The number of amides is 1. The van der Waals surface area contributed by atoms with Gasteiger partial charge in [-0.1, -0.05) is 18.2 Å². The molecule has 0 aromatic heterocycles. The molecule has 1 aliphatic rings. The monoisotopic (exact) mass is 292 g/mol. The second kappa shape index (κ2) is 7.43. The van der Waals surface area contributed by atoms with Gasteiger partial charge < -0.3 is 20.5 Å². The molecule has 5 heteroatoms. The van der Waals surface area contributed by atoms with Gasteiger partial charge in [0.15, 0.2) is 0 Å². The molecule has 0 spiro atoms. The summed E-state index contributed by atoms with van der Waals surface area (Å²) in [4.78, 5) is 12.4. The Morgan fingerprint density at radius 2 is 2.10 bits per heavy atom. The van der Waals surface area contributed by atoms with Crippen molar-refractivity contribution < 1.29 is 14.3 Å². The molecule has 1 fully saturated rings.